The van der Waals surface area contributed by atoms with Crippen LogP contribution in [0.1, 0.15) is 53.7 Å². The second kappa shape index (κ2) is 11.4. The molecular formula is C34H28F4N4O. The number of rotatable bonds is 8. The van der Waals surface area contributed by atoms with E-state index in [1.807, 2.05) is 48.4 Å². The van der Waals surface area contributed by atoms with Crippen molar-refractivity contribution >= 4 is 22.5 Å². The summed E-state index contributed by atoms with van der Waals surface area (Å²) < 4.78 is 61.1. The minimum atomic E-state index is -4.43. The van der Waals surface area contributed by atoms with E-state index >= 15 is 4.39 Å². The van der Waals surface area contributed by atoms with Gasteiger partial charge in [0, 0.05) is 36.3 Å². The second-order valence-electron chi connectivity index (χ2n) is 10.4. The van der Waals surface area contributed by atoms with Crippen LogP contribution < -0.4 is 9.80 Å². The van der Waals surface area contributed by atoms with Crippen molar-refractivity contribution in [3.8, 4) is 0 Å². The number of allylic oxidation sites excluding steroid dienone is 4. The van der Waals surface area contributed by atoms with Gasteiger partial charge in [-0.05, 0) is 60.7 Å². The van der Waals surface area contributed by atoms with Crippen molar-refractivity contribution in [1.82, 2.24) is 10.1 Å². The predicted molar refractivity (Wildman–Crippen MR) is 159 cm³/mol. The normalized spacial score (nSPS) is 14.6. The number of anilines is 2. The summed E-state index contributed by atoms with van der Waals surface area (Å²) in [5, 5.41) is 4.29. The third kappa shape index (κ3) is 5.88. The summed E-state index contributed by atoms with van der Waals surface area (Å²) in [7, 11) is 0. The lowest BCUT2D eigenvalue weighted by Crippen LogP contribution is -2.23. The standard InChI is InChI=1S/C34H28F4N4O/c1-3-16-41(4-2)30-19-29-26(18-28(30)35)32(24-12-13-24)27(33-39-31(43-40-33)17-22-8-6-5-7-9-22)21-42(29)20-23-10-14-25(15-11-23)34(36,37)38/h3-11,14-16,18-19,21H,2,12-13,17,20H2,1H3/b16-3-. The van der Waals surface area contributed by atoms with Crippen molar-refractivity contribution < 1.29 is 22.1 Å². The molecule has 2 aliphatic rings. The first-order valence-electron chi connectivity index (χ1n) is 13.9. The summed E-state index contributed by atoms with van der Waals surface area (Å²) in [5.41, 5.74) is 5.30. The minimum absolute atomic E-state index is 0.231. The van der Waals surface area contributed by atoms with Gasteiger partial charge in [0.05, 0.1) is 23.4 Å². The van der Waals surface area contributed by atoms with E-state index in [0.29, 0.717) is 46.2 Å². The highest BCUT2D eigenvalue weighted by molar-refractivity contribution is 6.11. The molecule has 4 aromatic rings. The van der Waals surface area contributed by atoms with Crippen molar-refractivity contribution in [2.24, 2.45) is 0 Å². The fourth-order valence-corrected chi connectivity index (χ4v) is 5.22. The van der Waals surface area contributed by atoms with Gasteiger partial charge in [0.15, 0.2) is 0 Å². The van der Waals surface area contributed by atoms with Gasteiger partial charge in [0.1, 0.15) is 5.82 Å². The van der Waals surface area contributed by atoms with Gasteiger partial charge in [0.2, 0.25) is 11.7 Å². The smallest absolute Gasteiger partial charge is 0.342 e. The van der Waals surface area contributed by atoms with Crippen LogP contribution in [0.25, 0.3) is 11.1 Å². The van der Waals surface area contributed by atoms with Crippen LogP contribution in [0.3, 0.4) is 0 Å². The third-order valence-corrected chi connectivity index (χ3v) is 7.38. The van der Waals surface area contributed by atoms with E-state index < -0.39 is 17.6 Å². The zero-order valence-corrected chi connectivity index (χ0v) is 23.4. The molecule has 1 aliphatic heterocycles. The molecule has 1 aliphatic carbocycles. The molecule has 0 spiro atoms. The highest BCUT2D eigenvalue weighted by atomic mass is 19.4. The Morgan fingerprint density at radius 2 is 1.77 bits per heavy atom. The van der Waals surface area contributed by atoms with Crippen molar-refractivity contribution in [2.75, 3.05) is 9.80 Å². The highest BCUT2D eigenvalue weighted by Gasteiger charge is 2.34. The number of hydrogen-bond acceptors (Lipinski definition) is 5. The molecule has 1 aromatic heterocycles. The SMILES string of the molecule is C=CN(/C=C\C)c1cc2c(cc1F)C(=C1CC1)C(c1noc(Cc3ccccc3)n1)=CN2Cc1ccc(C(F)(F)F)cc1. The molecule has 43 heavy (non-hydrogen) atoms. The molecule has 0 radical (unpaired) electrons. The maximum atomic E-state index is 15.7. The molecule has 0 bridgehead atoms. The molecule has 0 unspecified atom stereocenters. The molecule has 2 heterocycles. The fourth-order valence-electron chi connectivity index (χ4n) is 5.22. The second-order valence-corrected chi connectivity index (χ2v) is 10.4. The molecule has 0 amide bonds. The average Bonchev–Trinajstić information content (AvgIpc) is 3.73. The topological polar surface area (TPSA) is 45.4 Å². The highest BCUT2D eigenvalue weighted by Crippen LogP contribution is 2.50. The summed E-state index contributed by atoms with van der Waals surface area (Å²) >= 11 is 0. The Morgan fingerprint density at radius 3 is 2.42 bits per heavy atom. The van der Waals surface area contributed by atoms with Crippen LogP contribution in [0.4, 0.5) is 28.9 Å². The van der Waals surface area contributed by atoms with Crippen molar-refractivity contribution in [1.29, 1.82) is 0 Å². The van der Waals surface area contributed by atoms with E-state index in [1.165, 1.54) is 24.4 Å². The van der Waals surface area contributed by atoms with Crippen molar-refractivity contribution in [3.05, 3.63) is 143 Å². The van der Waals surface area contributed by atoms with E-state index in [1.54, 1.807) is 23.2 Å². The van der Waals surface area contributed by atoms with Gasteiger partial charge in [-0.2, -0.15) is 18.2 Å². The number of fused-ring (bicyclic) bond motifs is 1. The van der Waals surface area contributed by atoms with E-state index in [2.05, 4.69) is 11.7 Å². The molecule has 0 atom stereocenters. The van der Waals surface area contributed by atoms with Crippen LogP contribution in [-0.4, -0.2) is 10.1 Å². The molecule has 9 heteroatoms. The maximum absolute atomic E-state index is 15.7. The average molecular weight is 585 g/mol. The Bertz CT molecular complexity index is 1750. The van der Waals surface area contributed by atoms with Crippen LogP contribution in [0, 0.1) is 5.82 Å². The molecule has 1 fully saturated rings. The quantitative estimate of drug-likeness (QED) is 0.194. The summed E-state index contributed by atoms with van der Waals surface area (Å²) in [6.07, 6.45) is 4.63. The number of alkyl halides is 3. The fraction of sp³-hybridized carbons (Fsp3) is 0.176. The van der Waals surface area contributed by atoms with Gasteiger partial charge >= 0.3 is 6.18 Å². The third-order valence-electron chi connectivity index (χ3n) is 7.38. The summed E-state index contributed by atoms with van der Waals surface area (Å²) in [6, 6.07) is 18.1. The van der Waals surface area contributed by atoms with Crippen molar-refractivity contribution in [2.45, 2.75) is 38.9 Å². The molecular weight excluding hydrogens is 556 g/mol. The maximum Gasteiger partial charge on any atom is 0.416 e. The lowest BCUT2D eigenvalue weighted by molar-refractivity contribution is -0.137. The van der Waals surface area contributed by atoms with E-state index in [9.17, 15) is 13.2 Å². The number of halogens is 4. The lowest BCUT2D eigenvalue weighted by Gasteiger charge is -2.32. The van der Waals surface area contributed by atoms with E-state index in [0.717, 1.165) is 41.7 Å². The van der Waals surface area contributed by atoms with Gasteiger partial charge in [-0.25, -0.2) is 4.39 Å². The van der Waals surface area contributed by atoms with Gasteiger partial charge in [-0.3, -0.25) is 0 Å². The monoisotopic (exact) mass is 584 g/mol. The van der Waals surface area contributed by atoms with Crippen LogP contribution >= 0.6 is 0 Å². The Labute approximate surface area is 246 Å². The zero-order valence-electron chi connectivity index (χ0n) is 23.4. The molecule has 1 saturated carbocycles. The predicted octanol–water partition coefficient (Wildman–Crippen LogP) is 8.91. The van der Waals surface area contributed by atoms with E-state index in [-0.39, 0.29) is 6.54 Å². The summed E-state index contributed by atoms with van der Waals surface area (Å²) in [6.45, 7) is 5.87. The Balaban J connectivity index is 1.45. The molecule has 3 aromatic carbocycles. The summed E-state index contributed by atoms with van der Waals surface area (Å²) in [5.74, 6) is 0.371. The Hall–Kier alpha value is -4.92. The molecule has 0 N–H and O–H groups in total. The number of nitrogens with zero attached hydrogens (tertiary/aromatic N) is 4. The van der Waals surface area contributed by atoms with Gasteiger partial charge in [-0.15, -0.1) is 0 Å². The molecule has 6 rings (SSSR count). The van der Waals surface area contributed by atoms with Crippen molar-refractivity contribution in [3.63, 3.8) is 0 Å². The first-order chi connectivity index (χ1) is 20.7. The van der Waals surface area contributed by atoms with Gasteiger partial charge in [0.25, 0.3) is 0 Å². The summed E-state index contributed by atoms with van der Waals surface area (Å²) in [4.78, 5) is 8.18. The zero-order chi connectivity index (χ0) is 30.1. The van der Waals surface area contributed by atoms with Crippen LogP contribution in [0.15, 0.2) is 108 Å². The number of aromatic nitrogens is 2. The largest absolute Gasteiger partial charge is 0.416 e. The first kappa shape index (κ1) is 28.2. The Kier molecular flexibility index (Phi) is 7.48. The van der Waals surface area contributed by atoms with Crippen LogP contribution in [0.5, 0.6) is 0 Å². The van der Waals surface area contributed by atoms with Gasteiger partial charge in [-0.1, -0.05) is 65.8 Å². The van der Waals surface area contributed by atoms with Crippen LogP contribution in [-0.2, 0) is 19.1 Å². The molecule has 0 saturated heterocycles. The first-order valence-corrected chi connectivity index (χ1v) is 13.9. The molecule has 5 nitrogen and oxygen atoms in total. The van der Waals surface area contributed by atoms with Gasteiger partial charge < -0.3 is 14.3 Å². The molecule has 218 valence electrons. The van der Waals surface area contributed by atoms with Crippen LogP contribution in [0.2, 0.25) is 0 Å². The Morgan fingerprint density at radius 1 is 1.02 bits per heavy atom. The lowest BCUT2D eigenvalue weighted by atomic mass is 9.90. The number of benzene rings is 3. The minimum Gasteiger partial charge on any atom is -0.342 e. The van der Waals surface area contributed by atoms with E-state index in [4.69, 9.17) is 9.51 Å². The number of hydrogen-bond donors (Lipinski definition) is 0.